The van der Waals surface area contributed by atoms with Crippen LogP contribution in [0.5, 0.6) is 0 Å². The summed E-state index contributed by atoms with van der Waals surface area (Å²) in [7, 11) is -3.92. The maximum absolute atomic E-state index is 12.6. The van der Waals surface area contributed by atoms with E-state index in [0.717, 1.165) is 3.97 Å². The molecule has 0 aliphatic rings. The number of anilines is 1. The van der Waals surface area contributed by atoms with Gasteiger partial charge in [-0.2, -0.15) is 0 Å². The first-order valence-corrected chi connectivity index (χ1v) is 7.85. The highest BCUT2D eigenvalue weighted by Crippen LogP contribution is 2.19. The molecule has 0 aliphatic carbocycles. The van der Waals surface area contributed by atoms with E-state index in [1.54, 1.807) is 6.92 Å². The number of hydrogen-bond acceptors (Lipinski definition) is 5. The van der Waals surface area contributed by atoms with E-state index >= 15 is 0 Å². The molecule has 2 aromatic rings. The largest absolute Gasteiger partial charge is 0.461 e. The number of benzene rings is 1. The number of ether oxygens (including phenoxy) is 1. The van der Waals surface area contributed by atoms with Crippen LogP contribution >= 0.6 is 0 Å². The Hall–Kier alpha value is -2.61. The van der Waals surface area contributed by atoms with Gasteiger partial charge in [0.2, 0.25) is 6.41 Å². The van der Waals surface area contributed by atoms with Crippen LogP contribution < -0.4 is 5.32 Å². The van der Waals surface area contributed by atoms with Gasteiger partial charge in [-0.25, -0.2) is 17.2 Å². The second-order valence-electron chi connectivity index (χ2n) is 4.20. The zero-order chi connectivity index (χ0) is 16.2. The minimum absolute atomic E-state index is 0.00861. The van der Waals surface area contributed by atoms with Gasteiger partial charge in [-0.3, -0.25) is 4.79 Å². The molecule has 7 nitrogen and oxygen atoms in total. The predicted molar refractivity (Wildman–Crippen MR) is 79.1 cm³/mol. The quantitative estimate of drug-likeness (QED) is 0.642. The molecule has 2 rings (SSSR count). The van der Waals surface area contributed by atoms with Crippen molar-refractivity contribution in [2.75, 3.05) is 11.9 Å². The lowest BCUT2D eigenvalue weighted by Crippen LogP contribution is -2.19. The highest BCUT2D eigenvalue weighted by Gasteiger charge is 2.23. The van der Waals surface area contributed by atoms with E-state index in [1.165, 1.54) is 42.6 Å². The molecule has 116 valence electrons. The van der Waals surface area contributed by atoms with Crippen molar-refractivity contribution in [3.63, 3.8) is 0 Å². The predicted octanol–water partition coefficient (Wildman–Crippen LogP) is 1.47. The fraction of sp³-hybridized carbons (Fsp3) is 0.143. The van der Waals surface area contributed by atoms with E-state index < -0.39 is 16.0 Å². The van der Waals surface area contributed by atoms with Crippen molar-refractivity contribution in [3.8, 4) is 0 Å². The van der Waals surface area contributed by atoms with Gasteiger partial charge < -0.3 is 10.1 Å². The van der Waals surface area contributed by atoms with Crippen LogP contribution in [0.25, 0.3) is 0 Å². The van der Waals surface area contributed by atoms with E-state index in [9.17, 15) is 18.0 Å². The fourth-order valence-corrected chi connectivity index (χ4v) is 3.18. The minimum Gasteiger partial charge on any atom is -0.461 e. The van der Waals surface area contributed by atoms with Crippen LogP contribution in [0.2, 0.25) is 0 Å². The van der Waals surface area contributed by atoms with Crippen molar-refractivity contribution in [1.29, 1.82) is 0 Å². The topological polar surface area (TPSA) is 94.5 Å². The zero-order valence-electron chi connectivity index (χ0n) is 11.7. The monoisotopic (exact) mass is 322 g/mol. The number of amides is 1. The number of nitrogens with one attached hydrogen (secondary N) is 1. The second kappa shape index (κ2) is 6.44. The van der Waals surface area contributed by atoms with Crippen LogP contribution in [0, 0.1) is 0 Å². The molecule has 0 fully saturated rings. The van der Waals surface area contributed by atoms with E-state index in [-0.39, 0.29) is 17.2 Å². The van der Waals surface area contributed by atoms with Crippen molar-refractivity contribution in [2.24, 2.45) is 0 Å². The van der Waals surface area contributed by atoms with Gasteiger partial charge in [-0.05, 0) is 43.3 Å². The normalized spacial score (nSPS) is 11.0. The molecule has 1 N–H and O–H groups in total. The molecule has 1 aromatic heterocycles. The van der Waals surface area contributed by atoms with Crippen LogP contribution in [0.3, 0.4) is 0 Å². The van der Waals surface area contributed by atoms with Gasteiger partial charge in [0.15, 0.2) is 0 Å². The molecule has 0 atom stereocenters. The maximum Gasteiger partial charge on any atom is 0.355 e. The number of rotatable bonds is 6. The van der Waals surface area contributed by atoms with Crippen LogP contribution in [-0.2, 0) is 19.6 Å². The van der Waals surface area contributed by atoms with Crippen LogP contribution in [0.1, 0.15) is 17.4 Å². The van der Waals surface area contributed by atoms with Crippen molar-refractivity contribution in [3.05, 3.63) is 48.3 Å². The van der Waals surface area contributed by atoms with Gasteiger partial charge in [-0.15, -0.1) is 0 Å². The standard InChI is InChI=1S/C14H14N2O5S/c1-2-21-14(18)13-4-3-9-16(13)22(19,20)12-7-5-11(6-8-12)15-10-17/h3-10H,2H2,1H3,(H,15,17). The number of aromatic nitrogens is 1. The Morgan fingerprint density at radius 2 is 1.95 bits per heavy atom. The van der Waals surface area contributed by atoms with Gasteiger partial charge in [0, 0.05) is 11.9 Å². The number of carbonyl (C=O) groups is 2. The Labute approximate surface area is 127 Å². The molecule has 0 spiro atoms. The molecule has 1 amide bonds. The van der Waals surface area contributed by atoms with E-state index in [1.807, 2.05) is 0 Å². The SMILES string of the molecule is CCOC(=O)c1cccn1S(=O)(=O)c1ccc(NC=O)cc1. The lowest BCUT2D eigenvalue weighted by molar-refractivity contribution is -0.105. The number of hydrogen-bond donors (Lipinski definition) is 1. The van der Waals surface area contributed by atoms with Gasteiger partial charge in [0.05, 0.1) is 11.5 Å². The third kappa shape index (κ3) is 3.01. The zero-order valence-corrected chi connectivity index (χ0v) is 12.5. The van der Waals surface area contributed by atoms with Crippen LogP contribution in [0.4, 0.5) is 5.69 Å². The first kappa shape index (κ1) is 15.8. The summed E-state index contributed by atoms with van der Waals surface area (Å²) in [5.74, 6) is -0.713. The summed E-state index contributed by atoms with van der Waals surface area (Å²) in [6.07, 6.45) is 1.77. The molecule has 22 heavy (non-hydrogen) atoms. The molecule has 0 saturated carbocycles. The Bertz CT molecular complexity index is 778. The first-order chi connectivity index (χ1) is 10.5. The van der Waals surface area contributed by atoms with Crippen molar-refractivity contribution in [2.45, 2.75) is 11.8 Å². The molecule has 0 unspecified atom stereocenters. The summed E-state index contributed by atoms with van der Waals surface area (Å²) in [4.78, 5) is 22.1. The number of carbonyl (C=O) groups excluding carboxylic acids is 2. The lowest BCUT2D eigenvalue weighted by Gasteiger charge is -2.10. The Kier molecular flexibility index (Phi) is 4.62. The Balaban J connectivity index is 2.41. The average molecular weight is 322 g/mol. The molecule has 1 aromatic carbocycles. The van der Waals surface area contributed by atoms with E-state index in [4.69, 9.17) is 4.74 Å². The second-order valence-corrected chi connectivity index (χ2v) is 6.02. The van der Waals surface area contributed by atoms with Crippen molar-refractivity contribution >= 4 is 28.1 Å². The molecule has 0 bridgehead atoms. The van der Waals surface area contributed by atoms with Gasteiger partial charge in [0.1, 0.15) is 5.69 Å². The highest BCUT2D eigenvalue weighted by atomic mass is 32.2. The van der Waals surface area contributed by atoms with Crippen molar-refractivity contribution in [1.82, 2.24) is 3.97 Å². The van der Waals surface area contributed by atoms with E-state index in [0.29, 0.717) is 12.1 Å². The molecule has 0 radical (unpaired) electrons. The molecular formula is C14H14N2O5S. The summed E-state index contributed by atoms with van der Waals surface area (Å²) < 4.78 is 30.8. The average Bonchev–Trinajstić information content (AvgIpc) is 2.99. The molecule has 0 aliphatic heterocycles. The third-order valence-electron chi connectivity index (χ3n) is 2.83. The summed E-state index contributed by atoms with van der Waals surface area (Å²) in [5.41, 5.74) is 0.393. The lowest BCUT2D eigenvalue weighted by atomic mass is 10.3. The fourth-order valence-electron chi connectivity index (χ4n) is 1.84. The van der Waals surface area contributed by atoms with Crippen LogP contribution in [-0.4, -0.2) is 31.4 Å². The first-order valence-electron chi connectivity index (χ1n) is 6.41. The number of esters is 1. The Morgan fingerprint density at radius 1 is 1.27 bits per heavy atom. The molecular weight excluding hydrogens is 308 g/mol. The third-order valence-corrected chi connectivity index (χ3v) is 4.54. The number of nitrogens with zero attached hydrogens (tertiary/aromatic N) is 1. The maximum atomic E-state index is 12.6. The summed E-state index contributed by atoms with van der Waals surface area (Å²) >= 11 is 0. The Morgan fingerprint density at radius 3 is 2.55 bits per heavy atom. The van der Waals surface area contributed by atoms with Crippen molar-refractivity contribution < 1.29 is 22.7 Å². The summed E-state index contributed by atoms with van der Waals surface area (Å²) in [5, 5.41) is 2.41. The van der Waals surface area contributed by atoms with Gasteiger partial charge in [-0.1, -0.05) is 0 Å². The molecule has 1 heterocycles. The summed E-state index contributed by atoms with van der Waals surface area (Å²) in [6, 6.07) is 8.42. The van der Waals surface area contributed by atoms with Gasteiger partial charge in [0.25, 0.3) is 10.0 Å². The highest BCUT2D eigenvalue weighted by molar-refractivity contribution is 7.90. The molecule has 8 heteroatoms. The van der Waals surface area contributed by atoms with Gasteiger partial charge >= 0.3 is 5.97 Å². The minimum atomic E-state index is -3.92. The summed E-state index contributed by atoms with van der Waals surface area (Å²) in [6.45, 7) is 1.79. The molecule has 0 saturated heterocycles. The van der Waals surface area contributed by atoms with E-state index in [2.05, 4.69) is 5.32 Å². The van der Waals surface area contributed by atoms with Crippen LogP contribution in [0.15, 0.2) is 47.5 Å². The smallest absolute Gasteiger partial charge is 0.355 e.